The molecule has 1 N–H and O–H groups in total. The summed E-state index contributed by atoms with van der Waals surface area (Å²) in [7, 11) is -1.12. The standard InChI is InChI=1S/C21H26N2O6S/c1-14(2)16-6-8-18(27-4)20(10-16)30(25,26)23(3)12-21(24)22-11-15-5-7-17-19(9-15)29-13-28-17/h5-10,14H,11-13H2,1-4H3,(H,22,24). The monoisotopic (exact) mass is 434 g/mol. The number of methoxy groups -OCH3 is 1. The van der Waals surface area contributed by atoms with Gasteiger partial charge in [0.2, 0.25) is 22.7 Å². The van der Waals surface area contributed by atoms with Crippen LogP contribution in [0.2, 0.25) is 0 Å². The average Bonchev–Trinajstić information content (AvgIpc) is 3.19. The van der Waals surface area contributed by atoms with E-state index >= 15 is 0 Å². The lowest BCUT2D eigenvalue weighted by molar-refractivity contribution is -0.121. The molecule has 0 bridgehead atoms. The number of ether oxygens (including phenoxy) is 3. The number of benzene rings is 2. The number of likely N-dealkylation sites (N-methyl/N-ethyl adjacent to an activating group) is 1. The van der Waals surface area contributed by atoms with Crippen LogP contribution >= 0.6 is 0 Å². The number of amides is 1. The number of sulfonamides is 1. The average molecular weight is 435 g/mol. The number of nitrogens with zero attached hydrogens (tertiary/aromatic N) is 1. The third-order valence-electron chi connectivity index (χ3n) is 4.84. The first kappa shape index (κ1) is 21.9. The van der Waals surface area contributed by atoms with Crippen LogP contribution in [0.4, 0.5) is 0 Å². The van der Waals surface area contributed by atoms with Crippen molar-refractivity contribution in [1.82, 2.24) is 9.62 Å². The van der Waals surface area contributed by atoms with E-state index in [-0.39, 0.29) is 36.4 Å². The summed E-state index contributed by atoms with van der Waals surface area (Å²) in [4.78, 5) is 12.4. The Balaban J connectivity index is 1.67. The van der Waals surface area contributed by atoms with Gasteiger partial charge in [0.1, 0.15) is 10.6 Å². The van der Waals surface area contributed by atoms with Crippen molar-refractivity contribution in [3.8, 4) is 17.2 Å². The van der Waals surface area contributed by atoms with Crippen LogP contribution in [0.25, 0.3) is 0 Å². The molecule has 1 heterocycles. The molecule has 0 spiro atoms. The molecular formula is C21H26N2O6S. The van der Waals surface area contributed by atoms with Crippen molar-refractivity contribution in [3.63, 3.8) is 0 Å². The van der Waals surface area contributed by atoms with E-state index in [2.05, 4.69) is 5.32 Å². The molecular weight excluding hydrogens is 408 g/mol. The Labute approximate surface area is 176 Å². The van der Waals surface area contributed by atoms with Crippen LogP contribution in [0.1, 0.15) is 30.9 Å². The molecule has 3 rings (SSSR count). The highest BCUT2D eigenvalue weighted by Gasteiger charge is 2.27. The normalized spacial score (nSPS) is 13.0. The Hall–Kier alpha value is -2.78. The molecule has 30 heavy (non-hydrogen) atoms. The van der Waals surface area contributed by atoms with Crippen molar-refractivity contribution in [2.45, 2.75) is 31.2 Å². The zero-order valence-corrected chi connectivity index (χ0v) is 18.3. The predicted octanol–water partition coefficient (Wildman–Crippen LogP) is 2.48. The molecule has 0 radical (unpaired) electrons. The molecule has 0 fully saturated rings. The van der Waals surface area contributed by atoms with Gasteiger partial charge in [-0.1, -0.05) is 26.0 Å². The summed E-state index contributed by atoms with van der Waals surface area (Å²) in [5.41, 5.74) is 1.69. The maximum absolute atomic E-state index is 13.1. The Kier molecular flexibility index (Phi) is 6.52. The zero-order valence-electron chi connectivity index (χ0n) is 17.5. The highest BCUT2D eigenvalue weighted by atomic mass is 32.2. The van der Waals surface area contributed by atoms with Crippen LogP contribution in [0.15, 0.2) is 41.3 Å². The van der Waals surface area contributed by atoms with Crippen molar-refractivity contribution in [1.29, 1.82) is 0 Å². The second-order valence-electron chi connectivity index (χ2n) is 7.29. The molecule has 0 aromatic heterocycles. The van der Waals surface area contributed by atoms with Crippen molar-refractivity contribution < 1.29 is 27.4 Å². The van der Waals surface area contributed by atoms with E-state index < -0.39 is 15.9 Å². The van der Waals surface area contributed by atoms with Gasteiger partial charge in [0.25, 0.3) is 0 Å². The molecule has 9 heteroatoms. The first-order chi connectivity index (χ1) is 14.2. The van der Waals surface area contributed by atoms with Gasteiger partial charge in [-0.15, -0.1) is 0 Å². The van der Waals surface area contributed by atoms with E-state index in [4.69, 9.17) is 14.2 Å². The molecule has 2 aromatic carbocycles. The van der Waals surface area contributed by atoms with Crippen LogP contribution in [0.5, 0.6) is 17.2 Å². The Morgan fingerprint density at radius 2 is 1.90 bits per heavy atom. The van der Waals surface area contributed by atoms with Crippen molar-refractivity contribution in [2.24, 2.45) is 0 Å². The van der Waals surface area contributed by atoms with E-state index in [1.54, 1.807) is 24.3 Å². The first-order valence-electron chi connectivity index (χ1n) is 9.52. The number of hydrogen-bond donors (Lipinski definition) is 1. The highest BCUT2D eigenvalue weighted by molar-refractivity contribution is 7.89. The fraction of sp³-hybridized carbons (Fsp3) is 0.381. The lowest BCUT2D eigenvalue weighted by atomic mass is 10.0. The Morgan fingerprint density at radius 1 is 1.17 bits per heavy atom. The lowest BCUT2D eigenvalue weighted by Crippen LogP contribution is -2.38. The molecule has 1 amide bonds. The second-order valence-corrected chi connectivity index (χ2v) is 9.30. The van der Waals surface area contributed by atoms with Gasteiger partial charge in [-0.3, -0.25) is 4.79 Å². The fourth-order valence-corrected chi connectivity index (χ4v) is 4.33. The number of fused-ring (bicyclic) bond motifs is 1. The van der Waals surface area contributed by atoms with E-state index in [1.807, 2.05) is 26.0 Å². The molecule has 1 aliphatic rings. The number of hydrogen-bond acceptors (Lipinski definition) is 6. The molecule has 162 valence electrons. The minimum Gasteiger partial charge on any atom is -0.495 e. The van der Waals surface area contributed by atoms with Crippen LogP contribution < -0.4 is 19.5 Å². The third kappa shape index (κ3) is 4.68. The SMILES string of the molecule is COc1ccc(C(C)C)cc1S(=O)(=O)N(C)CC(=O)NCc1ccc2c(c1)OCO2. The zero-order chi connectivity index (χ0) is 21.9. The molecule has 0 saturated heterocycles. The van der Waals surface area contributed by atoms with Crippen molar-refractivity contribution >= 4 is 15.9 Å². The molecule has 0 aliphatic carbocycles. The lowest BCUT2D eigenvalue weighted by Gasteiger charge is -2.20. The smallest absolute Gasteiger partial charge is 0.246 e. The summed E-state index contributed by atoms with van der Waals surface area (Å²) in [6, 6.07) is 10.4. The molecule has 2 aromatic rings. The summed E-state index contributed by atoms with van der Waals surface area (Å²) in [5, 5.41) is 2.73. The van der Waals surface area contributed by atoms with Crippen LogP contribution in [-0.2, 0) is 21.4 Å². The minimum atomic E-state index is -3.91. The summed E-state index contributed by atoms with van der Waals surface area (Å²) < 4.78 is 43.0. The Morgan fingerprint density at radius 3 is 2.60 bits per heavy atom. The maximum atomic E-state index is 13.1. The topological polar surface area (TPSA) is 94.2 Å². The number of carbonyl (C=O) groups is 1. The van der Waals surface area contributed by atoms with Crippen LogP contribution in [-0.4, -0.2) is 46.1 Å². The van der Waals surface area contributed by atoms with E-state index in [0.717, 1.165) is 15.4 Å². The summed E-state index contributed by atoms with van der Waals surface area (Å²) in [6.45, 7) is 4.06. The van der Waals surface area contributed by atoms with Gasteiger partial charge < -0.3 is 19.5 Å². The molecule has 8 nitrogen and oxygen atoms in total. The van der Waals surface area contributed by atoms with Gasteiger partial charge in [0.15, 0.2) is 11.5 Å². The molecule has 0 saturated carbocycles. The van der Waals surface area contributed by atoms with Crippen molar-refractivity contribution in [2.75, 3.05) is 27.5 Å². The summed E-state index contributed by atoms with van der Waals surface area (Å²) >= 11 is 0. The minimum absolute atomic E-state index is 0.0438. The van der Waals surface area contributed by atoms with Gasteiger partial charge in [0, 0.05) is 13.6 Å². The van der Waals surface area contributed by atoms with Gasteiger partial charge >= 0.3 is 0 Å². The number of rotatable bonds is 8. The van der Waals surface area contributed by atoms with E-state index in [1.165, 1.54) is 14.2 Å². The quantitative estimate of drug-likeness (QED) is 0.686. The molecule has 1 aliphatic heterocycles. The second kappa shape index (κ2) is 8.93. The maximum Gasteiger partial charge on any atom is 0.246 e. The third-order valence-corrected chi connectivity index (χ3v) is 6.66. The largest absolute Gasteiger partial charge is 0.495 e. The Bertz CT molecular complexity index is 1040. The van der Waals surface area contributed by atoms with Gasteiger partial charge in [-0.2, -0.15) is 4.31 Å². The molecule has 0 atom stereocenters. The van der Waals surface area contributed by atoms with Crippen LogP contribution in [0.3, 0.4) is 0 Å². The summed E-state index contributed by atoms with van der Waals surface area (Å²) in [6.07, 6.45) is 0. The van der Waals surface area contributed by atoms with Gasteiger partial charge in [-0.05, 0) is 41.3 Å². The van der Waals surface area contributed by atoms with E-state index in [9.17, 15) is 13.2 Å². The first-order valence-corrected chi connectivity index (χ1v) is 11.0. The number of nitrogens with one attached hydrogen (secondary N) is 1. The summed E-state index contributed by atoms with van der Waals surface area (Å²) in [5.74, 6) is 1.26. The van der Waals surface area contributed by atoms with Crippen molar-refractivity contribution in [3.05, 3.63) is 47.5 Å². The number of carbonyl (C=O) groups excluding carboxylic acids is 1. The molecule has 0 unspecified atom stereocenters. The highest BCUT2D eigenvalue weighted by Crippen LogP contribution is 2.32. The predicted molar refractivity (Wildman–Crippen MR) is 111 cm³/mol. The fourth-order valence-electron chi connectivity index (χ4n) is 3.02. The van der Waals surface area contributed by atoms with Crippen LogP contribution in [0, 0.1) is 0 Å². The van der Waals surface area contributed by atoms with Gasteiger partial charge in [0.05, 0.1) is 13.7 Å². The van der Waals surface area contributed by atoms with Gasteiger partial charge in [-0.25, -0.2) is 8.42 Å². The van der Waals surface area contributed by atoms with E-state index in [0.29, 0.717) is 11.5 Å².